The fourth-order valence-electron chi connectivity index (χ4n) is 2.51. The van der Waals surface area contributed by atoms with E-state index in [2.05, 4.69) is 0 Å². The molecule has 1 amide bonds. The molecule has 152 valence electrons. The quantitative estimate of drug-likeness (QED) is 0.340. The van der Waals surface area contributed by atoms with Gasteiger partial charge in [0.1, 0.15) is 0 Å². The molecule has 1 heterocycles. The van der Waals surface area contributed by atoms with Gasteiger partial charge in [-0.05, 0) is 42.0 Å². The first-order valence-electron chi connectivity index (χ1n) is 7.89. The van der Waals surface area contributed by atoms with Gasteiger partial charge in [-0.2, -0.15) is 8.42 Å². The van der Waals surface area contributed by atoms with E-state index < -0.39 is 10.1 Å². The van der Waals surface area contributed by atoms with Gasteiger partial charge in [-0.25, -0.2) is 0 Å². The van der Waals surface area contributed by atoms with Crippen LogP contribution in [-0.4, -0.2) is 32.0 Å². The molecular formula is C18H13Cl2NO5S3. The Labute approximate surface area is 187 Å². The van der Waals surface area contributed by atoms with Crippen LogP contribution in [0.2, 0.25) is 10.0 Å². The highest BCUT2D eigenvalue weighted by Crippen LogP contribution is 2.40. The minimum absolute atomic E-state index is 0.0198. The highest BCUT2D eigenvalue weighted by atomic mass is 35.5. The van der Waals surface area contributed by atoms with Crippen molar-refractivity contribution in [2.75, 3.05) is 18.3 Å². The molecule has 29 heavy (non-hydrogen) atoms. The molecule has 1 saturated heterocycles. The Morgan fingerprint density at radius 2 is 1.93 bits per heavy atom. The summed E-state index contributed by atoms with van der Waals surface area (Å²) in [5, 5.41) is 0.504. The zero-order valence-electron chi connectivity index (χ0n) is 15.0. The summed E-state index contributed by atoms with van der Waals surface area (Å²) in [5.41, 5.74) is 1.08. The highest BCUT2D eigenvalue weighted by molar-refractivity contribution is 8.27. The average Bonchev–Trinajstić information content (AvgIpc) is 2.89. The molecule has 0 aromatic heterocycles. The van der Waals surface area contributed by atoms with Gasteiger partial charge >= 0.3 is 10.1 Å². The van der Waals surface area contributed by atoms with Crippen LogP contribution in [0.15, 0.2) is 41.3 Å². The van der Waals surface area contributed by atoms with Crippen LogP contribution in [0.3, 0.4) is 0 Å². The molecule has 1 fully saturated rings. The number of carbonyl (C=O) groups excluding carboxylic acids is 1. The Morgan fingerprint density at radius 1 is 1.21 bits per heavy atom. The maximum absolute atomic E-state index is 12.9. The number of hydrogen-bond acceptors (Lipinski definition) is 7. The number of amides is 1. The summed E-state index contributed by atoms with van der Waals surface area (Å²) in [6, 6.07) is 9.79. The largest absolute Gasteiger partial charge is 0.493 e. The number of anilines is 1. The first-order valence-corrected chi connectivity index (χ1v) is 11.7. The molecule has 3 rings (SSSR count). The summed E-state index contributed by atoms with van der Waals surface area (Å²) < 4.78 is 33.3. The van der Waals surface area contributed by atoms with Crippen molar-refractivity contribution in [1.82, 2.24) is 0 Å². The Morgan fingerprint density at radius 3 is 2.55 bits per heavy atom. The van der Waals surface area contributed by atoms with Crippen molar-refractivity contribution in [1.29, 1.82) is 0 Å². The Kier molecular flexibility index (Phi) is 6.45. The van der Waals surface area contributed by atoms with Crippen LogP contribution in [0, 0.1) is 0 Å². The number of methoxy groups -OCH3 is 1. The van der Waals surface area contributed by atoms with Gasteiger partial charge in [-0.15, -0.1) is 0 Å². The first kappa shape index (κ1) is 21.9. The molecule has 0 radical (unpaired) electrons. The number of hydrogen-bond donors (Lipinski definition) is 0. The van der Waals surface area contributed by atoms with Gasteiger partial charge in [0.15, 0.2) is 10.1 Å². The SMILES string of the molecule is COc1cc(/C=C2\SC(=S)N(c3cccc(Cl)c3)C2=O)cc(Cl)c1OS(C)(=O)=O. The molecule has 11 heteroatoms. The molecule has 0 spiro atoms. The number of rotatable bonds is 5. The lowest BCUT2D eigenvalue weighted by Crippen LogP contribution is -2.27. The smallest absolute Gasteiger partial charge is 0.306 e. The number of carbonyl (C=O) groups is 1. The zero-order chi connectivity index (χ0) is 21.3. The number of nitrogens with zero attached hydrogens (tertiary/aromatic N) is 1. The predicted molar refractivity (Wildman–Crippen MR) is 121 cm³/mol. The second-order valence-electron chi connectivity index (χ2n) is 5.82. The lowest BCUT2D eigenvalue weighted by Gasteiger charge is -2.14. The number of thioether (sulfide) groups is 1. The molecule has 0 bridgehead atoms. The van der Waals surface area contributed by atoms with Crippen molar-refractivity contribution in [3.63, 3.8) is 0 Å². The second kappa shape index (κ2) is 8.53. The number of benzene rings is 2. The van der Waals surface area contributed by atoms with E-state index in [0.717, 1.165) is 18.0 Å². The maximum atomic E-state index is 12.9. The zero-order valence-corrected chi connectivity index (χ0v) is 19.0. The molecule has 0 saturated carbocycles. The van der Waals surface area contributed by atoms with Gasteiger partial charge in [0.2, 0.25) is 5.75 Å². The average molecular weight is 490 g/mol. The molecular weight excluding hydrogens is 477 g/mol. The van der Waals surface area contributed by atoms with Crippen LogP contribution < -0.4 is 13.8 Å². The summed E-state index contributed by atoms with van der Waals surface area (Å²) in [4.78, 5) is 14.6. The van der Waals surface area contributed by atoms with Crippen LogP contribution >= 0.6 is 47.2 Å². The number of thiocarbonyl (C=S) groups is 1. The van der Waals surface area contributed by atoms with Gasteiger partial charge in [-0.3, -0.25) is 9.69 Å². The lowest BCUT2D eigenvalue weighted by molar-refractivity contribution is -0.113. The summed E-state index contributed by atoms with van der Waals surface area (Å²) in [6.45, 7) is 0. The van der Waals surface area contributed by atoms with Crippen molar-refractivity contribution >= 4 is 79.3 Å². The van der Waals surface area contributed by atoms with Gasteiger partial charge in [-0.1, -0.05) is 53.2 Å². The minimum Gasteiger partial charge on any atom is -0.493 e. The first-order chi connectivity index (χ1) is 13.6. The van der Waals surface area contributed by atoms with Crippen molar-refractivity contribution in [3.8, 4) is 11.5 Å². The summed E-state index contributed by atoms with van der Waals surface area (Å²) >= 11 is 18.6. The summed E-state index contributed by atoms with van der Waals surface area (Å²) in [7, 11) is -2.45. The molecule has 0 aliphatic carbocycles. The van der Waals surface area contributed by atoms with Crippen molar-refractivity contribution in [3.05, 3.63) is 56.9 Å². The van der Waals surface area contributed by atoms with E-state index in [0.29, 0.717) is 25.5 Å². The van der Waals surface area contributed by atoms with Crippen LogP contribution in [0.25, 0.3) is 6.08 Å². The monoisotopic (exact) mass is 489 g/mol. The number of ether oxygens (including phenoxy) is 1. The summed E-state index contributed by atoms with van der Waals surface area (Å²) in [5.74, 6) is -0.325. The van der Waals surface area contributed by atoms with E-state index in [1.165, 1.54) is 24.1 Å². The third kappa shape index (κ3) is 5.04. The topological polar surface area (TPSA) is 72.9 Å². The molecule has 6 nitrogen and oxygen atoms in total. The van der Waals surface area contributed by atoms with Gasteiger partial charge in [0.05, 0.1) is 29.0 Å². The van der Waals surface area contributed by atoms with E-state index in [4.69, 9.17) is 44.3 Å². The molecule has 0 N–H and O–H groups in total. The minimum atomic E-state index is -3.80. The van der Waals surface area contributed by atoms with Crippen molar-refractivity contribution in [2.45, 2.75) is 0 Å². The normalized spacial score (nSPS) is 15.9. The van der Waals surface area contributed by atoms with Crippen molar-refractivity contribution in [2.24, 2.45) is 0 Å². The third-order valence-electron chi connectivity index (χ3n) is 3.64. The van der Waals surface area contributed by atoms with Gasteiger partial charge in [0, 0.05) is 5.02 Å². The van der Waals surface area contributed by atoms with Crippen molar-refractivity contribution < 1.29 is 22.1 Å². The van der Waals surface area contributed by atoms with E-state index in [1.807, 2.05) is 0 Å². The molecule has 0 unspecified atom stereocenters. The van der Waals surface area contributed by atoms with E-state index >= 15 is 0 Å². The van der Waals surface area contributed by atoms with Crippen LogP contribution in [0.1, 0.15) is 5.56 Å². The van der Waals surface area contributed by atoms with Crippen LogP contribution in [0.5, 0.6) is 11.5 Å². The molecule has 2 aromatic rings. The lowest BCUT2D eigenvalue weighted by atomic mass is 10.1. The summed E-state index contributed by atoms with van der Waals surface area (Å²) in [6.07, 6.45) is 2.49. The molecule has 2 aromatic carbocycles. The van der Waals surface area contributed by atoms with E-state index in [1.54, 1.807) is 30.3 Å². The fourth-order valence-corrected chi connectivity index (χ4v) is 4.77. The van der Waals surface area contributed by atoms with Gasteiger partial charge in [0.25, 0.3) is 5.91 Å². The molecule has 1 aliphatic heterocycles. The highest BCUT2D eigenvalue weighted by Gasteiger charge is 2.33. The standard InChI is InChI=1S/C18H13Cl2NO5S3/c1-25-14-7-10(6-13(20)16(14)26-29(2,23)24)8-15-17(22)21(18(27)28-15)12-5-3-4-11(19)9-12/h3-9H,1-2H3/b15-8-. The third-order valence-corrected chi connectivity index (χ3v) is 5.93. The Bertz CT molecular complexity index is 1150. The van der Waals surface area contributed by atoms with Crippen LogP contribution in [0.4, 0.5) is 5.69 Å². The Balaban J connectivity index is 1.97. The molecule has 1 aliphatic rings. The fraction of sp³-hybridized carbons (Fsp3) is 0.111. The predicted octanol–water partition coefficient (Wildman–Crippen LogP) is 4.75. The van der Waals surface area contributed by atoms with Crippen LogP contribution in [-0.2, 0) is 14.9 Å². The number of halogens is 2. The Hall–Kier alpha value is -1.78. The van der Waals surface area contributed by atoms with E-state index in [-0.39, 0.29) is 22.4 Å². The maximum Gasteiger partial charge on any atom is 0.306 e. The van der Waals surface area contributed by atoms with Gasteiger partial charge < -0.3 is 8.92 Å². The van der Waals surface area contributed by atoms with E-state index in [9.17, 15) is 13.2 Å². The molecule has 0 atom stereocenters. The second-order valence-corrected chi connectivity index (χ2v) is 9.91.